The predicted octanol–water partition coefficient (Wildman–Crippen LogP) is 3.59. The Kier molecular flexibility index (Phi) is 6.16. The van der Waals surface area contributed by atoms with E-state index in [4.69, 9.17) is 23.1 Å². The molecule has 0 unspecified atom stereocenters. The van der Waals surface area contributed by atoms with Crippen molar-refractivity contribution in [2.45, 2.75) is 25.8 Å². The smallest absolute Gasteiger partial charge is 0.267 e. The standard InChI is InChI=1S/C21H25ClN4O/c1-13-4-5-14(9-18(13)22)15-6-7-16-11-20(26-19(16)10-15)21(27)25-12-17(24)3-2-8-23/h4-7,9-11,17,26H,2-3,8,12,23-24H2,1H3,(H,25,27)/t17-/m0/s1. The van der Waals surface area contributed by atoms with E-state index < -0.39 is 0 Å². The molecule has 0 saturated carbocycles. The Morgan fingerprint density at radius 2 is 1.93 bits per heavy atom. The molecule has 3 aromatic rings. The van der Waals surface area contributed by atoms with Gasteiger partial charge in [0, 0.05) is 28.5 Å². The van der Waals surface area contributed by atoms with Gasteiger partial charge in [0.1, 0.15) is 5.69 Å². The number of halogens is 1. The molecule has 0 radical (unpaired) electrons. The number of rotatable bonds is 7. The molecule has 142 valence electrons. The third-order valence-electron chi connectivity index (χ3n) is 4.68. The molecule has 0 spiro atoms. The van der Waals surface area contributed by atoms with Crippen molar-refractivity contribution in [3.05, 3.63) is 58.7 Å². The number of carbonyl (C=O) groups is 1. The van der Waals surface area contributed by atoms with E-state index in [2.05, 4.69) is 10.3 Å². The summed E-state index contributed by atoms with van der Waals surface area (Å²) in [7, 11) is 0. The van der Waals surface area contributed by atoms with E-state index in [1.54, 1.807) is 0 Å². The summed E-state index contributed by atoms with van der Waals surface area (Å²) in [5, 5.41) is 4.60. The zero-order valence-electron chi connectivity index (χ0n) is 15.4. The van der Waals surface area contributed by atoms with Crippen molar-refractivity contribution >= 4 is 28.4 Å². The molecule has 6 N–H and O–H groups in total. The number of carbonyl (C=O) groups excluding carboxylic acids is 1. The molecule has 1 atom stereocenters. The van der Waals surface area contributed by atoms with Gasteiger partial charge in [-0.3, -0.25) is 4.79 Å². The Balaban J connectivity index is 1.75. The Labute approximate surface area is 164 Å². The molecular formula is C21H25ClN4O. The normalized spacial score (nSPS) is 12.3. The average Bonchev–Trinajstić information content (AvgIpc) is 3.10. The van der Waals surface area contributed by atoms with Crippen molar-refractivity contribution in [3.63, 3.8) is 0 Å². The summed E-state index contributed by atoms with van der Waals surface area (Å²) in [6, 6.07) is 13.8. The van der Waals surface area contributed by atoms with Gasteiger partial charge in [-0.2, -0.15) is 0 Å². The van der Waals surface area contributed by atoms with Crippen molar-refractivity contribution in [2.75, 3.05) is 13.1 Å². The van der Waals surface area contributed by atoms with Crippen molar-refractivity contribution in [1.29, 1.82) is 0 Å². The minimum atomic E-state index is -0.158. The lowest BCUT2D eigenvalue weighted by Gasteiger charge is -2.11. The average molecular weight is 385 g/mol. The van der Waals surface area contributed by atoms with Gasteiger partial charge in [-0.25, -0.2) is 0 Å². The fourth-order valence-corrected chi connectivity index (χ4v) is 3.18. The number of aromatic nitrogens is 1. The van der Waals surface area contributed by atoms with Crippen LogP contribution in [0.15, 0.2) is 42.5 Å². The van der Waals surface area contributed by atoms with Crippen LogP contribution >= 0.6 is 11.6 Å². The van der Waals surface area contributed by atoms with Gasteiger partial charge in [0.2, 0.25) is 0 Å². The quantitative estimate of drug-likeness (QED) is 0.501. The van der Waals surface area contributed by atoms with E-state index in [0.29, 0.717) is 18.8 Å². The Morgan fingerprint density at radius 1 is 1.19 bits per heavy atom. The highest BCUT2D eigenvalue weighted by atomic mass is 35.5. The number of hydrogen-bond donors (Lipinski definition) is 4. The minimum Gasteiger partial charge on any atom is -0.351 e. The van der Waals surface area contributed by atoms with Gasteiger partial charge in [0.15, 0.2) is 0 Å². The molecule has 5 nitrogen and oxygen atoms in total. The number of amides is 1. The van der Waals surface area contributed by atoms with Crippen LogP contribution in [-0.4, -0.2) is 30.0 Å². The van der Waals surface area contributed by atoms with Crippen LogP contribution in [0, 0.1) is 6.92 Å². The molecule has 0 bridgehead atoms. The summed E-state index contributed by atoms with van der Waals surface area (Å²) in [6.45, 7) is 3.02. The summed E-state index contributed by atoms with van der Waals surface area (Å²) in [5.41, 5.74) is 16.0. The van der Waals surface area contributed by atoms with Crippen LogP contribution in [-0.2, 0) is 0 Å². The fraction of sp³-hybridized carbons (Fsp3) is 0.286. The molecule has 6 heteroatoms. The van der Waals surface area contributed by atoms with Gasteiger partial charge in [0.25, 0.3) is 5.91 Å². The Morgan fingerprint density at radius 3 is 2.67 bits per heavy atom. The van der Waals surface area contributed by atoms with Gasteiger partial charge < -0.3 is 21.8 Å². The molecule has 1 heterocycles. The minimum absolute atomic E-state index is 0.0835. The van der Waals surface area contributed by atoms with Crippen LogP contribution in [0.25, 0.3) is 22.0 Å². The summed E-state index contributed by atoms with van der Waals surface area (Å²) >= 11 is 6.24. The maximum atomic E-state index is 12.4. The molecule has 1 aromatic heterocycles. The van der Waals surface area contributed by atoms with E-state index in [0.717, 1.165) is 45.5 Å². The highest BCUT2D eigenvalue weighted by Gasteiger charge is 2.12. The predicted molar refractivity (Wildman–Crippen MR) is 112 cm³/mol. The lowest BCUT2D eigenvalue weighted by molar-refractivity contribution is 0.0946. The second kappa shape index (κ2) is 8.57. The third kappa shape index (κ3) is 4.69. The first-order valence-electron chi connectivity index (χ1n) is 9.11. The number of aryl methyl sites for hydroxylation is 1. The monoisotopic (exact) mass is 384 g/mol. The van der Waals surface area contributed by atoms with E-state index in [-0.39, 0.29) is 11.9 Å². The van der Waals surface area contributed by atoms with Gasteiger partial charge >= 0.3 is 0 Å². The van der Waals surface area contributed by atoms with Crippen LogP contribution in [0.3, 0.4) is 0 Å². The Bertz CT molecular complexity index is 951. The van der Waals surface area contributed by atoms with E-state index >= 15 is 0 Å². The molecule has 3 rings (SSSR count). The molecule has 1 amide bonds. The summed E-state index contributed by atoms with van der Waals surface area (Å²) in [6.07, 6.45) is 1.65. The zero-order chi connectivity index (χ0) is 19.4. The SMILES string of the molecule is Cc1ccc(-c2ccc3cc(C(=O)NC[C@@H](N)CCCN)[nH]c3c2)cc1Cl. The number of aromatic amines is 1. The molecule has 0 aliphatic heterocycles. The number of nitrogens with one attached hydrogen (secondary N) is 2. The van der Waals surface area contributed by atoms with Crippen LogP contribution in [0.1, 0.15) is 28.9 Å². The van der Waals surface area contributed by atoms with Crippen molar-refractivity contribution in [2.24, 2.45) is 11.5 Å². The van der Waals surface area contributed by atoms with Gasteiger partial charge in [-0.15, -0.1) is 0 Å². The van der Waals surface area contributed by atoms with Gasteiger partial charge in [-0.1, -0.05) is 35.9 Å². The molecule has 2 aromatic carbocycles. The first-order chi connectivity index (χ1) is 13.0. The first kappa shape index (κ1) is 19.4. The second-order valence-electron chi connectivity index (χ2n) is 6.85. The molecule has 27 heavy (non-hydrogen) atoms. The van der Waals surface area contributed by atoms with E-state index in [1.165, 1.54) is 0 Å². The number of benzene rings is 2. The number of hydrogen-bond acceptors (Lipinski definition) is 3. The van der Waals surface area contributed by atoms with Crippen molar-refractivity contribution in [3.8, 4) is 11.1 Å². The topological polar surface area (TPSA) is 96.9 Å². The molecule has 0 aliphatic rings. The maximum absolute atomic E-state index is 12.4. The second-order valence-corrected chi connectivity index (χ2v) is 7.26. The fourth-order valence-electron chi connectivity index (χ4n) is 3.00. The van der Waals surface area contributed by atoms with Crippen molar-refractivity contribution < 1.29 is 4.79 Å². The van der Waals surface area contributed by atoms with E-state index in [9.17, 15) is 4.79 Å². The van der Waals surface area contributed by atoms with Gasteiger partial charge in [0.05, 0.1) is 0 Å². The highest BCUT2D eigenvalue weighted by Crippen LogP contribution is 2.28. The lowest BCUT2D eigenvalue weighted by atomic mass is 10.0. The van der Waals surface area contributed by atoms with Crippen LogP contribution in [0.2, 0.25) is 5.02 Å². The van der Waals surface area contributed by atoms with Crippen LogP contribution in [0.5, 0.6) is 0 Å². The summed E-state index contributed by atoms with van der Waals surface area (Å²) < 4.78 is 0. The molecule has 0 saturated heterocycles. The first-order valence-corrected chi connectivity index (χ1v) is 9.49. The zero-order valence-corrected chi connectivity index (χ0v) is 16.1. The Hall–Kier alpha value is -2.34. The number of nitrogens with two attached hydrogens (primary N) is 2. The van der Waals surface area contributed by atoms with Crippen LogP contribution in [0.4, 0.5) is 0 Å². The van der Waals surface area contributed by atoms with Gasteiger partial charge in [-0.05, 0) is 61.2 Å². The summed E-state index contributed by atoms with van der Waals surface area (Å²) in [5.74, 6) is -0.158. The van der Waals surface area contributed by atoms with Crippen LogP contribution < -0.4 is 16.8 Å². The maximum Gasteiger partial charge on any atom is 0.267 e. The lowest BCUT2D eigenvalue weighted by Crippen LogP contribution is -2.37. The largest absolute Gasteiger partial charge is 0.351 e. The summed E-state index contributed by atoms with van der Waals surface area (Å²) in [4.78, 5) is 15.6. The number of fused-ring (bicyclic) bond motifs is 1. The number of H-pyrrole nitrogens is 1. The molecule has 0 aliphatic carbocycles. The molecular weight excluding hydrogens is 360 g/mol. The van der Waals surface area contributed by atoms with Crippen molar-refractivity contribution in [1.82, 2.24) is 10.3 Å². The third-order valence-corrected chi connectivity index (χ3v) is 5.08. The molecule has 0 fully saturated rings. The van der Waals surface area contributed by atoms with E-state index in [1.807, 2.05) is 49.4 Å². The highest BCUT2D eigenvalue weighted by molar-refractivity contribution is 6.31.